The van der Waals surface area contributed by atoms with Crippen LogP contribution in [0, 0.1) is 0 Å². The molecule has 0 saturated carbocycles. The normalized spacial score (nSPS) is 15.2. The summed E-state index contributed by atoms with van der Waals surface area (Å²) in [6.45, 7) is 4.26. The molecule has 2 heterocycles. The molecule has 2 aromatic rings. The molecule has 1 saturated heterocycles. The van der Waals surface area contributed by atoms with Crippen molar-refractivity contribution in [1.82, 2.24) is 15.2 Å². The Hall–Kier alpha value is -1.24. The van der Waals surface area contributed by atoms with Crippen LogP contribution in [0.4, 0.5) is 0 Å². The average molecular weight is 422 g/mol. The van der Waals surface area contributed by atoms with E-state index in [2.05, 4.69) is 31.1 Å². The van der Waals surface area contributed by atoms with Crippen LogP contribution < -0.4 is 5.32 Å². The van der Waals surface area contributed by atoms with Crippen LogP contribution in [0.15, 0.2) is 34.1 Å². The Labute approximate surface area is 161 Å². The first-order valence-electron chi connectivity index (χ1n) is 8.90. The minimum Gasteiger partial charge on any atom is -0.356 e. The quantitative estimate of drug-likeness (QED) is 0.684. The van der Waals surface area contributed by atoms with Gasteiger partial charge in [-0.15, -0.1) is 11.3 Å². The lowest BCUT2D eigenvalue weighted by molar-refractivity contribution is -0.120. The number of rotatable bonds is 7. The zero-order valence-corrected chi connectivity index (χ0v) is 16.7. The Balaban J connectivity index is 1.41. The van der Waals surface area contributed by atoms with E-state index >= 15 is 0 Å². The Morgan fingerprint density at radius 1 is 1.28 bits per heavy atom. The number of amides is 1. The van der Waals surface area contributed by atoms with Gasteiger partial charge >= 0.3 is 0 Å². The number of halogens is 1. The summed E-state index contributed by atoms with van der Waals surface area (Å²) >= 11 is 5.06. The molecule has 0 bridgehead atoms. The number of hydrogen-bond acceptors (Lipinski definition) is 4. The third-order valence-corrected chi connectivity index (χ3v) is 5.82. The van der Waals surface area contributed by atoms with Gasteiger partial charge in [0, 0.05) is 22.0 Å². The SMILES string of the molecule is O=C(Cc1csc(-c2cccc(Br)c2)n1)NCCCN1CCCCC1. The highest BCUT2D eigenvalue weighted by Crippen LogP contribution is 2.26. The molecule has 1 amide bonds. The van der Waals surface area contributed by atoms with Crippen LogP contribution in [-0.4, -0.2) is 42.0 Å². The summed E-state index contributed by atoms with van der Waals surface area (Å²) in [7, 11) is 0. The lowest BCUT2D eigenvalue weighted by Crippen LogP contribution is -2.33. The first-order valence-corrected chi connectivity index (χ1v) is 10.6. The molecule has 0 spiro atoms. The van der Waals surface area contributed by atoms with Crippen molar-refractivity contribution in [2.75, 3.05) is 26.2 Å². The first kappa shape index (κ1) is 18.5. The van der Waals surface area contributed by atoms with Crippen LogP contribution in [-0.2, 0) is 11.2 Å². The van der Waals surface area contributed by atoms with E-state index in [0.29, 0.717) is 6.42 Å². The second kappa shape index (κ2) is 9.46. The monoisotopic (exact) mass is 421 g/mol. The van der Waals surface area contributed by atoms with Crippen LogP contribution in [0.3, 0.4) is 0 Å². The Bertz CT molecular complexity index is 697. The molecule has 0 unspecified atom stereocenters. The van der Waals surface area contributed by atoms with Crippen molar-refractivity contribution < 1.29 is 4.79 Å². The minimum absolute atomic E-state index is 0.0599. The predicted molar refractivity (Wildman–Crippen MR) is 107 cm³/mol. The third-order valence-electron chi connectivity index (χ3n) is 4.39. The van der Waals surface area contributed by atoms with E-state index in [-0.39, 0.29) is 5.91 Å². The number of thiazole rings is 1. The summed E-state index contributed by atoms with van der Waals surface area (Å²) in [5.41, 5.74) is 1.92. The fraction of sp³-hybridized carbons (Fsp3) is 0.474. The maximum absolute atomic E-state index is 12.1. The van der Waals surface area contributed by atoms with Gasteiger partial charge in [0.05, 0.1) is 12.1 Å². The maximum atomic E-state index is 12.1. The highest BCUT2D eigenvalue weighted by Gasteiger charge is 2.11. The molecule has 134 valence electrons. The number of likely N-dealkylation sites (tertiary alicyclic amines) is 1. The van der Waals surface area contributed by atoms with Gasteiger partial charge in [0.25, 0.3) is 0 Å². The second-order valence-corrected chi connectivity index (χ2v) is 8.21. The molecule has 1 aliphatic rings. The highest BCUT2D eigenvalue weighted by molar-refractivity contribution is 9.10. The molecule has 0 aliphatic carbocycles. The van der Waals surface area contributed by atoms with Gasteiger partial charge in [-0.2, -0.15) is 0 Å². The van der Waals surface area contributed by atoms with E-state index in [4.69, 9.17) is 0 Å². The van der Waals surface area contributed by atoms with E-state index in [9.17, 15) is 4.79 Å². The predicted octanol–water partition coefficient (Wildman–Crippen LogP) is 4.11. The summed E-state index contributed by atoms with van der Waals surface area (Å²) < 4.78 is 1.04. The van der Waals surface area contributed by atoms with Gasteiger partial charge in [-0.1, -0.05) is 34.5 Å². The molecule has 0 atom stereocenters. The van der Waals surface area contributed by atoms with Crippen molar-refractivity contribution in [2.45, 2.75) is 32.1 Å². The van der Waals surface area contributed by atoms with Gasteiger partial charge in [-0.3, -0.25) is 4.79 Å². The molecule has 1 aromatic heterocycles. The second-order valence-electron chi connectivity index (χ2n) is 6.44. The molecule has 0 radical (unpaired) electrons. The number of hydrogen-bond donors (Lipinski definition) is 1. The first-order chi connectivity index (χ1) is 12.2. The number of piperidine rings is 1. The van der Waals surface area contributed by atoms with Crippen molar-refractivity contribution in [2.24, 2.45) is 0 Å². The van der Waals surface area contributed by atoms with E-state index in [0.717, 1.165) is 40.2 Å². The van der Waals surface area contributed by atoms with Gasteiger partial charge in [0.15, 0.2) is 0 Å². The molecule has 1 aromatic carbocycles. The van der Waals surface area contributed by atoms with Gasteiger partial charge in [-0.25, -0.2) is 4.98 Å². The fourth-order valence-electron chi connectivity index (χ4n) is 3.08. The zero-order valence-electron chi connectivity index (χ0n) is 14.3. The standard InChI is InChI=1S/C19H24BrN3OS/c20-16-7-4-6-15(12-16)19-22-17(14-25-19)13-18(24)21-8-5-11-23-9-2-1-3-10-23/h4,6-7,12,14H,1-3,5,8-11,13H2,(H,21,24). The van der Waals surface area contributed by atoms with Gasteiger partial charge in [0.2, 0.25) is 5.91 Å². The lowest BCUT2D eigenvalue weighted by atomic mass is 10.1. The molecule has 1 N–H and O–H groups in total. The van der Waals surface area contributed by atoms with Gasteiger partial charge in [-0.05, 0) is 51.0 Å². The average Bonchev–Trinajstić information content (AvgIpc) is 3.08. The topological polar surface area (TPSA) is 45.2 Å². The van der Waals surface area contributed by atoms with Crippen LogP contribution in [0.25, 0.3) is 10.6 Å². The van der Waals surface area contributed by atoms with Crippen LogP contribution in [0.2, 0.25) is 0 Å². The van der Waals surface area contributed by atoms with Crippen molar-refractivity contribution >= 4 is 33.2 Å². The highest BCUT2D eigenvalue weighted by atomic mass is 79.9. The summed E-state index contributed by atoms with van der Waals surface area (Å²) in [5.74, 6) is 0.0599. The molecule has 1 aliphatic heterocycles. The largest absolute Gasteiger partial charge is 0.356 e. The summed E-state index contributed by atoms with van der Waals surface area (Å²) in [6.07, 6.45) is 5.37. The summed E-state index contributed by atoms with van der Waals surface area (Å²) in [4.78, 5) is 19.2. The number of carbonyl (C=O) groups excluding carboxylic acids is 1. The number of carbonyl (C=O) groups is 1. The zero-order chi connectivity index (χ0) is 17.5. The molecular weight excluding hydrogens is 398 g/mol. The van der Waals surface area contributed by atoms with Crippen LogP contribution in [0.5, 0.6) is 0 Å². The number of nitrogens with zero attached hydrogens (tertiary/aromatic N) is 2. The summed E-state index contributed by atoms with van der Waals surface area (Å²) in [6, 6.07) is 8.07. The molecule has 3 rings (SSSR count). The lowest BCUT2D eigenvalue weighted by Gasteiger charge is -2.26. The number of benzene rings is 1. The molecule has 6 heteroatoms. The molecule has 4 nitrogen and oxygen atoms in total. The fourth-order valence-corrected chi connectivity index (χ4v) is 4.30. The Kier molecular flexibility index (Phi) is 7.02. The van der Waals surface area contributed by atoms with Crippen LogP contribution in [0.1, 0.15) is 31.4 Å². The molecular formula is C19H24BrN3OS. The molecule has 25 heavy (non-hydrogen) atoms. The van der Waals surface area contributed by atoms with E-state index in [1.165, 1.54) is 32.4 Å². The van der Waals surface area contributed by atoms with Gasteiger partial charge < -0.3 is 10.2 Å². The smallest absolute Gasteiger partial charge is 0.226 e. The van der Waals surface area contributed by atoms with Crippen molar-refractivity contribution in [1.29, 1.82) is 0 Å². The summed E-state index contributed by atoms with van der Waals surface area (Å²) in [5, 5.41) is 5.95. The Morgan fingerprint density at radius 2 is 2.12 bits per heavy atom. The minimum atomic E-state index is 0.0599. The molecule has 1 fully saturated rings. The number of nitrogens with one attached hydrogen (secondary N) is 1. The Morgan fingerprint density at radius 3 is 2.92 bits per heavy atom. The number of aromatic nitrogens is 1. The van der Waals surface area contributed by atoms with E-state index in [1.807, 2.05) is 29.6 Å². The van der Waals surface area contributed by atoms with Crippen molar-refractivity contribution in [3.63, 3.8) is 0 Å². The van der Waals surface area contributed by atoms with Crippen molar-refractivity contribution in [3.05, 3.63) is 39.8 Å². The van der Waals surface area contributed by atoms with Gasteiger partial charge in [0.1, 0.15) is 5.01 Å². The van der Waals surface area contributed by atoms with Crippen molar-refractivity contribution in [3.8, 4) is 10.6 Å². The van der Waals surface area contributed by atoms with E-state index < -0.39 is 0 Å². The third kappa shape index (κ3) is 5.90. The maximum Gasteiger partial charge on any atom is 0.226 e. The van der Waals surface area contributed by atoms with Crippen LogP contribution >= 0.6 is 27.3 Å². The van der Waals surface area contributed by atoms with E-state index in [1.54, 1.807) is 11.3 Å².